The summed E-state index contributed by atoms with van der Waals surface area (Å²) in [5.74, 6) is 1.66. The highest BCUT2D eigenvalue weighted by Crippen LogP contribution is 2.21. The zero-order valence-electron chi connectivity index (χ0n) is 14.6. The topological polar surface area (TPSA) is 44.3 Å². The van der Waals surface area contributed by atoms with E-state index in [0.29, 0.717) is 22.5 Å². The molecule has 1 N–H and O–H groups in total. The number of rotatable bonds is 5. The van der Waals surface area contributed by atoms with E-state index in [-0.39, 0.29) is 0 Å². The standard InChI is InChI=1S/C18H23Cl2N5/c1-13-11-17(25-9-7-24(2)8-10-25)23-18(22-13)21-6-5-14-3-4-15(19)12-16(14)20/h3-4,11-12H,5-10H2,1-2H3,(H,21,22,23). The van der Waals surface area contributed by atoms with Crippen LogP contribution in [0.1, 0.15) is 11.3 Å². The highest BCUT2D eigenvalue weighted by molar-refractivity contribution is 6.35. The quantitative estimate of drug-likeness (QED) is 0.860. The van der Waals surface area contributed by atoms with Crippen molar-refractivity contribution in [1.29, 1.82) is 0 Å². The molecule has 7 heteroatoms. The van der Waals surface area contributed by atoms with Crippen LogP contribution in [-0.2, 0) is 6.42 Å². The van der Waals surface area contributed by atoms with Crippen molar-refractivity contribution >= 4 is 35.0 Å². The van der Waals surface area contributed by atoms with Crippen molar-refractivity contribution in [3.63, 3.8) is 0 Å². The van der Waals surface area contributed by atoms with E-state index in [0.717, 1.165) is 49.7 Å². The van der Waals surface area contributed by atoms with Crippen LogP contribution in [0.15, 0.2) is 24.3 Å². The highest BCUT2D eigenvalue weighted by atomic mass is 35.5. The molecule has 3 rings (SSSR count). The lowest BCUT2D eigenvalue weighted by Crippen LogP contribution is -2.44. The van der Waals surface area contributed by atoms with Gasteiger partial charge < -0.3 is 15.1 Å². The number of anilines is 2. The predicted octanol–water partition coefficient (Wildman–Crippen LogP) is 3.50. The average molecular weight is 380 g/mol. The Morgan fingerprint density at radius 2 is 1.84 bits per heavy atom. The molecule has 1 aromatic carbocycles. The lowest BCUT2D eigenvalue weighted by molar-refractivity contribution is 0.312. The summed E-state index contributed by atoms with van der Waals surface area (Å²) in [7, 11) is 2.15. The molecule has 1 fully saturated rings. The maximum Gasteiger partial charge on any atom is 0.224 e. The van der Waals surface area contributed by atoms with Crippen LogP contribution in [0.2, 0.25) is 10.0 Å². The number of aryl methyl sites for hydroxylation is 1. The minimum atomic E-state index is 0.653. The lowest BCUT2D eigenvalue weighted by Gasteiger charge is -2.33. The second-order valence-electron chi connectivity index (χ2n) is 6.39. The van der Waals surface area contributed by atoms with Gasteiger partial charge in [-0.15, -0.1) is 0 Å². The average Bonchev–Trinajstić information content (AvgIpc) is 2.57. The molecule has 0 amide bonds. The third kappa shape index (κ3) is 4.97. The third-order valence-corrected chi connectivity index (χ3v) is 4.95. The molecule has 0 saturated carbocycles. The summed E-state index contributed by atoms with van der Waals surface area (Å²) in [6, 6.07) is 7.64. The summed E-state index contributed by atoms with van der Waals surface area (Å²) in [6.45, 7) is 6.82. The second kappa shape index (κ2) is 8.21. The minimum Gasteiger partial charge on any atom is -0.354 e. The Hall–Kier alpha value is -1.56. The molecule has 2 heterocycles. The van der Waals surface area contributed by atoms with Gasteiger partial charge >= 0.3 is 0 Å². The SMILES string of the molecule is Cc1cc(N2CCN(C)CC2)nc(NCCc2ccc(Cl)cc2Cl)n1. The zero-order chi connectivity index (χ0) is 17.8. The van der Waals surface area contributed by atoms with E-state index < -0.39 is 0 Å². The largest absolute Gasteiger partial charge is 0.354 e. The fourth-order valence-corrected chi connectivity index (χ4v) is 3.36. The van der Waals surface area contributed by atoms with Crippen molar-refractivity contribution in [1.82, 2.24) is 14.9 Å². The molecule has 0 radical (unpaired) electrons. The molecule has 134 valence electrons. The number of hydrogen-bond donors (Lipinski definition) is 1. The van der Waals surface area contributed by atoms with Gasteiger partial charge in [-0.3, -0.25) is 0 Å². The van der Waals surface area contributed by atoms with E-state index in [1.807, 2.05) is 25.1 Å². The number of piperazine rings is 1. The van der Waals surface area contributed by atoms with Gasteiger partial charge in [-0.05, 0) is 38.1 Å². The second-order valence-corrected chi connectivity index (χ2v) is 7.24. The third-order valence-electron chi connectivity index (χ3n) is 4.36. The van der Waals surface area contributed by atoms with E-state index in [2.05, 4.69) is 32.1 Å². The van der Waals surface area contributed by atoms with Crippen LogP contribution in [0.3, 0.4) is 0 Å². The molecule has 1 saturated heterocycles. The van der Waals surface area contributed by atoms with E-state index in [1.54, 1.807) is 6.07 Å². The first kappa shape index (κ1) is 18.2. The molecule has 2 aromatic rings. The Morgan fingerprint density at radius 3 is 2.56 bits per heavy atom. The van der Waals surface area contributed by atoms with E-state index >= 15 is 0 Å². The fraction of sp³-hybridized carbons (Fsp3) is 0.444. The summed E-state index contributed by atoms with van der Waals surface area (Å²) in [4.78, 5) is 13.8. The molecule has 0 atom stereocenters. The van der Waals surface area contributed by atoms with Gasteiger partial charge in [0.15, 0.2) is 0 Å². The Kier molecular flexibility index (Phi) is 5.99. The molecular formula is C18H23Cl2N5. The number of halogens is 2. The normalized spacial score (nSPS) is 15.4. The number of nitrogens with one attached hydrogen (secondary N) is 1. The highest BCUT2D eigenvalue weighted by Gasteiger charge is 2.16. The van der Waals surface area contributed by atoms with Gasteiger partial charge in [-0.2, -0.15) is 4.98 Å². The van der Waals surface area contributed by atoms with E-state index in [1.165, 1.54) is 0 Å². The van der Waals surface area contributed by atoms with Crippen LogP contribution in [-0.4, -0.2) is 54.6 Å². The Labute approximate surface area is 159 Å². The van der Waals surface area contributed by atoms with Gasteiger partial charge in [0.2, 0.25) is 5.95 Å². The number of nitrogens with zero attached hydrogens (tertiary/aromatic N) is 4. The van der Waals surface area contributed by atoms with Gasteiger partial charge in [0.1, 0.15) is 5.82 Å². The molecule has 1 aromatic heterocycles. The predicted molar refractivity (Wildman–Crippen MR) is 105 cm³/mol. The molecule has 0 aliphatic carbocycles. The summed E-state index contributed by atoms with van der Waals surface area (Å²) < 4.78 is 0. The number of likely N-dealkylation sites (N-methyl/N-ethyl adjacent to an activating group) is 1. The van der Waals surface area contributed by atoms with Crippen molar-refractivity contribution in [3.8, 4) is 0 Å². The fourth-order valence-electron chi connectivity index (χ4n) is 2.86. The van der Waals surface area contributed by atoms with Crippen LogP contribution in [0.4, 0.5) is 11.8 Å². The minimum absolute atomic E-state index is 0.653. The van der Waals surface area contributed by atoms with Gasteiger partial charge in [-0.1, -0.05) is 29.3 Å². The van der Waals surface area contributed by atoms with Crippen LogP contribution in [0, 0.1) is 6.92 Å². The zero-order valence-corrected chi connectivity index (χ0v) is 16.1. The Balaban J connectivity index is 1.62. The molecule has 0 unspecified atom stereocenters. The smallest absolute Gasteiger partial charge is 0.224 e. The van der Waals surface area contributed by atoms with Crippen LogP contribution < -0.4 is 10.2 Å². The molecule has 25 heavy (non-hydrogen) atoms. The van der Waals surface area contributed by atoms with Gasteiger partial charge in [0.05, 0.1) is 0 Å². The summed E-state index contributed by atoms with van der Waals surface area (Å²) in [5, 5.41) is 4.66. The summed E-state index contributed by atoms with van der Waals surface area (Å²) in [6.07, 6.45) is 0.789. The first-order valence-electron chi connectivity index (χ1n) is 8.48. The molecule has 1 aliphatic rings. The van der Waals surface area contributed by atoms with Crippen LogP contribution in [0.5, 0.6) is 0 Å². The molecule has 5 nitrogen and oxygen atoms in total. The summed E-state index contributed by atoms with van der Waals surface area (Å²) >= 11 is 12.2. The van der Waals surface area contributed by atoms with E-state index in [9.17, 15) is 0 Å². The monoisotopic (exact) mass is 379 g/mol. The van der Waals surface area contributed by atoms with Crippen molar-refractivity contribution in [2.75, 3.05) is 50.0 Å². The van der Waals surface area contributed by atoms with Gasteiger partial charge in [0.25, 0.3) is 0 Å². The Morgan fingerprint density at radius 1 is 1.08 bits per heavy atom. The molecular weight excluding hydrogens is 357 g/mol. The van der Waals surface area contributed by atoms with Gasteiger partial charge in [-0.25, -0.2) is 4.98 Å². The first-order chi connectivity index (χ1) is 12.0. The number of hydrogen-bond acceptors (Lipinski definition) is 5. The van der Waals surface area contributed by atoms with Crippen LogP contribution >= 0.6 is 23.2 Å². The molecule has 0 spiro atoms. The van der Waals surface area contributed by atoms with Gasteiger partial charge in [0, 0.05) is 54.5 Å². The maximum absolute atomic E-state index is 6.22. The van der Waals surface area contributed by atoms with E-state index in [4.69, 9.17) is 23.2 Å². The summed E-state index contributed by atoms with van der Waals surface area (Å²) in [5.41, 5.74) is 2.03. The van der Waals surface area contributed by atoms with Crippen molar-refractivity contribution < 1.29 is 0 Å². The Bertz CT molecular complexity index is 729. The number of aromatic nitrogens is 2. The lowest BCUT2D eigenvalue weighted by atomic mass is 10.1. The molecule has 1 aliphatic heterocycles. The van der Waals surface area contributed by atoms with Crippen molar-refractivity contribution in [2.24, 2.45) is 0 Å². The first-order valence-corrected chi connectivity index (χ1v) is 9.24. The van der Waals surface area contributed by atoms with Crippen molar-refractivity contribution in [2.45, 2.75) is 13.3 Å². The molecule has 0 bridgehead atoms. The van der Waals surface area contributed by atoms with Crippen molar-refractivity contribution in [3.05, 3.63) is 45.6 Å². The van der Waals surface area contributed by atoms with Crippen LogP contribution in [0.25, 0.3) is 0 Å². The number of benzene rings is 1. The maximum atomic E-state index is 6.22.